The van der Waals surface area contributed by atoms with E-state index >= 15 is 0 Å². The van der Waals surface area contributed by atoms with Crippen LogP contribution in [0.4, 0.5) is 4.39 Å². The zero-order valence-corrected chi connectivity index (χ0v) is 14.5. The molecule has 0 aliphatic heterocycles. The Morgan fingerprint density at radius 1 is 1.00 bits per heavy atom. The van der Waals surface area contributed by atoms with Crippen LogP contribution in [0.5, 0.6) is 0 Å². The molecule has 0 atom stereocenters. The molecule has 2 aromatic carbocycles. The van der Waals surface area contributed by atoms with Crippen molar-refractivity contribution in [2.45, 2.75) is 32.9 Å². The number of halogens is 1. The van der Waals surface area contributed by atoms with Crippen LogP contribution in [0.25, 0.3) is 11.3 Å². The Balaban J connectivity index is 1.63. The smallest absolute Gasteiger partial charge is 0.123 e. The molecule has 130 valence electrons. The van der Waals surface area contributed by atoms with Crippen molar-refractivity contribution in [2.75, 3.05) is 6.54 Å². The molecule has 0 bridgehead atoms. The van der Waals surface area contributed by atoms with E-state index in [1.54, 1.807) is 4.80 Å². The maximum absolute atomic E-state index is 12.9. The molecular formula is C20H23FN4. The van der Waals surface area contributed by atoms with Gasteiger partial charge in [0.05, 0.1) is 6.54 Å². The Labute approximate surface area is 147 Å². The van der Waals surface area contributed by atoms with Crippen LogP contribution in [0.1, 0.15) is 24.6 Å². The highest BCUT2D eigenvalue weighted by atomic mass is 19.1. The molecule has 0 radical (unpaired) electrons. The largest absolute Gasteiger partial charge is 0.311 e. The number of hydrogen-bond donors (Lipinski definition) is 1. The summed E-state index contributed by atoms with van der Waals surface area (Å²) in [5, 5.41) is 12.7. The lowest BCUT2D eigenvalue weighted by atomic mass is 10.1. The first-order valence-electron chi connectivity index (χ1n) is 8.71. The minimum Gasteiger partial charge on any atom is -0.311 e. The second-order valence-corrected chi connectivity index (χ2v) is 6.01. The lowest BCUT2D eigenvalue weighted by Gasteiger charge is -2.05. The Kier molecular flexibility index (Phi) is 5.90. The average molecular weight is 338 g/mol. The molecule has 0 unspecified atom stereocenters. The van der Waals surface area contributed by atoms with Gasteiger partial charge in [-0.25, -0.2) is 4.39 Å². The lowest BCUT2D eigenvalue weighted by Crippen LogP contribution is -2.17. The summed E-state index contributed by atoms with van der Waals surface area (Å²) in [4.78, 5) is 1.78. The van der Waals surface area contributed by atoms with Gasteiger partial charge in [-0.1, -0.05) is 49.4 Å². The summed E-state index contributed by atoms with van der Waals surface area (Å²) in [6.45, 7) is 4.40. The predicted octanol–water partition coefficient (Wildman–Crippen LogP) is 3.83. The zero-order chi connectivity index (χ0) is 17.5. The number of nitrogens with one attached hydrogen (secondary N) is 1. The fourth-order valence-electron chi connectivity index (χ4n) is 2.71. The van der Waals surface area contributed by atoms with Crippen LogP contribution >= 0.6 is 0 Å². The fraction of sp³-hybridized carbons (Fsp3) is 0.300. The van der Waals surface area contributed by atoms with E-state index < -0.39 is 0 Å². The summed E-state index contributed by atoms with van der Waals surface area (Å²) in [6.07, 6.45) is 1.85. The van der Waals surface area contributed by atoms with E-state index in [1.165, 1.54) is 12.1 Å². The molecule has 0 aliphatic carbocycles. The van der Waals surface area contributed by atoms with Crippen molar-refractivity contribution in [1.82, 2.24) is 20.3 Å². The first-order chi connectivity index (χ1) is 12.3. The van der Waals surface area contributed by atoms with Crippen molar-refractivity contribution in [3.05, 3.63) is 71.7 Å². The van der Waals surface area contributed by atoms with Crippen LogP contribution in [-0.4, -0.2) is 21.5 Å². The summed E-state index contributed by atoms with van der Waals surface area (Å²) < 4.78 is 12.9. The van der Waals surface area contributed by atoms with Gasteiger partial charge in [0.1, 0.15) is 17.2 Å². The topological polar surface area (TPSA) is 42.7 Å². The third-order valence-electron chi connectivity index (χ3n) is 3.99. The van der Waals surface area contributed by atoms with Crippen LogP contribution in [0.3, 0.4) is 0 Å². The quantitative estimate of drug-likeness (QED) is 0.635. The number of rotatable bonds is 8. The Morgan fingerprint density at radius 2 is 1.76 bits per heavy atom. The molecule has 1 N–H and O–H groups in total. The molecular weight excluding hydrogens is 315 g/mol. The molecule has 0 saturated carbocycles. The van der Waals surface area contributed by atoms with Crippen molar-refractivity contribution in [3.8, 4) is 11.3 Å². The Morgan fingerprint density at radius 3 is 2.48 bits per heavy atom. The molecule has 25 heavy (non-hydrogen) atoms. The van der Waals surface area contributed by atoms with Crippen LogP contribution in [-0.2, 0) is 19.5 Å². The van der Waals surface area contributed by atoms with Gasteiger partial charge in [0.25, 0.3) is 0 Å². The molecule has 1 aromatic heterocycles. The SMILES string of the molecule is CCCn1nc(CNCCc2ccc(F)cc2)c(-c2ccccc2)n1. The lowest BCUT2D eigenvalue weighted by molar-refractivity contribution is 0.521. The molecule has 0 fully saturated rings. The summed E-state index contributed by atoms with van der Waals surface area (Å²) in [6, 6.07) is 16.8. The highest BCUT2D eigenvalue weighted by molar-refractivity contribution is 5.60. The van der Waals surface area contributed by atoms with Gasteiger partial charge in [-0.3, -0.25) is 0 Å². The molecule has 0 spiro atoms. The van der Waals surface area contributed by atoms with E-state index in [9.17, 15) is 4.39 Å². The first kappa shape index (κ1) is 17.3. The number of benzene rings is 2. The Bertz CT molecular complexity index is 781. The fourth-order valence-corrected chi connectivity index (χ4v) is 2.71. The van der Waals surface area contributed by atoms with Gasteiger partial charge in [0, 0.05) is 12.1 Å². The van der Waals surface area contributed by atoms with Crippen LogP contribution in [0.15, 0.2) is 54.6 Å². The number of hydrogen-bond acceptors (Lipinski definition) is 3. The summed E-state index contributed by atoms with van der Waals surface area (Å²) in [5.74, 6) is -0.197. The van der Waals surface area contributed by atoms with Crippen LogP contribution < -0.4 is 5.32 Å². The molecule has 0 amide bonds. The third-order valence-corrected chi connectivity index (χ3v) is 3.99. The number of aromatic nitrogens is 3. The van der Waals surface area contributed by atoms with E-state index in [2.05, 4.69) is 34.6 Å². The minimum absolute atomic E-state index is 0.197. The van der Waals surface area contributed by atoms with Gasteiger partial charge in [-0.2, -0.15) is 15.0 Å². The number of nitrogens with zero attached hydrogens (tertiary/aromatic N) is 3. The molecule has 4 nitrogen and oxygen atoms in total. The van der Waals surface area contributed by atoms with Gasteiger partial charge in [0.15, 0.2) is 0 Å². The molecule has 1 heterocycles. The molecule has 3 aromatic rings. The van der Waals surface area contributed by atoms with Crippen molar-refractivity contribution in [1.29, 1.82) is 0 Å². The van der Waals surface area contributed by atoms with Gasteiger partial charge in [-0.05, 0) is 37.1 Å². The Hall–Kier alpha value is -2.53. The maximum atomic E-state index is 12.9. The van der Waals surface area contributed by atoms with Crippen molar-refractivity contribution in [3.63, 3.8) is 0 Å². The minimum atomic E-state index is -0.197. The molecule has 0 aliphatic rings. The van der Waals surface area contributed by atoms with Gasteiger partial charge >= 0.3 is 0 Å². The van der Waals surface area contributed by atoms with Gasteiger partial charge in [0.2, 0.25) is 0 Å². The monoisotopic (exact) mass is 338 g/mol. The second kappa shape index (κ2) is 8.53. The van der Waals surface area contributed by atoms with Gasteiger partial charge < -0.3 is 5.32 Å². The van der Waals surface area contributed by atoms with E-state index in [4.69, 9.17) is 0 Å². The van der Waals surface area contributed by atoms with Crippen molar-refractivity contribution < 1.29 is 4.39 Å². The average Bonchev–Trinajstić information content (AvgIpc) is 3.04. The van der Waals surface area contributed by atoms with Crippen LogP contribution in [0, 0.1) is 5.82 Å². The van der Waals surface area contributed by atoms with Gasteiger partial charge in [-0.15, -0.1) is 0 Å². The predicted molar refractivity (Wildman–Crippen MR) is 97.6 cm³/mol. The van der Waals surface area contributed by atoms with E-state index in [0.717, 1.165) is 48.4 Å². The molecule has 5 heteroatoms. The highest BCUT2D eigenvalue weighted by Gasteiger charge is 2.12. The molecule has 3 rings (SSSR count). The number of aryl methyl sites for hydroxylation is 1. The van der Waals surface area contributed by atoms with Crippen molar-refractivity contribution >= 4 is 0 Å². The molecule has 0 saturated heterocycles. The third kappa shape index (κ3) is 4.73. The van der Waals surface area contributed by atoms with Crippen molar-refractivity contribution in [2.24, 2.45) is 0 Å². The van der Waals surface area contributed by atoms with E-state index in [0.29, 0.717) is 6.54 Å². The normalized spacial score (nSPS) is 11.0. The summed E-state index contributed by atoms with van der Waals surface area (Å²) >= 11 is 0. The standard InChI is InChI=1S/C20H23FN4/c1-2-14-25-23-19(20(24-25)17-6-4-3-5-7-17)15-22-13-12-16-8-10-18(21)11-9-16/h3-11,22H,2,12-15H2,1H3. The zero-order valence-electron chi connectivity index (χ0n) is 14.5. The van der Waals surface area contributed by atoms with E-state index in [-0.39, 0.29) is 5.82 Å². The first-order valence-corrected chi connectivity index (χ1v) is 8.71. The maximum Gasteiger partial charge on any atom is 0.123 e. The van der Waals surface area contributed by atoms with E-state index in [1.807, 2.05) is 30.3 Å². The highest BCUT2D eigenvalue weighted by Crippen LogP contribution is 2.20. The van der Waals surface area contributed by atoms with Crippen LogP contribution in [0.2, 0.25) is 0 Å². The second-order valence-electron chi connectivity index (χ2n) is 6.01. The summed E-state index contributed by atoms with van der Waals surface area (Å²) in [7, 11) is 0. The summed E-state index contributed by atoms with van der Waals surface area (Å²) in [5.41, 5.74) is 4.09.